The van der Waals surface area contributed by atoms with E-state index in [1.54, 1.807) is 7.05 Å². The molecule has 1 aliphatic heterocycles. The van der Waals surface area contributed by atoms with Gasteiger partial charge in [0.1, 0.15) is 11.9 Å². The van der Waals surface area contributed by atoms with Crippen LogP contribution in [0.5, 0.6) is 5.88 Å². The number of nitrogens with one attached hydrogen (secondary N) is 1. The molecule has 31 heavy (non-hydrogen) atoms. The summed E-state index contributed by atoms with van der Waals surface area (Å²) in [6.07, 6.45) is 6.09. The summed E-state index contributed by atoms with van der Waals surface area (Å²) < 4.78 is 17.9. The van der Waals surface area contributed by atoms with Crippen molar-refractivity contribution in [1.82, 2.24) is 9.97 Å². The lowest BCUT2D eigenvalue weighted by molar-refractivity contribution is 0.171. The summed E-state index contributed by atoms with van der Waals surface area (Å²) in [5, 5.41) is 3.05. The predicted molar refractivity (Wildman–Crippen MR) is 124 cm³/mol. The maximum absolute atomic E-state index is 11.7. The zero-order chi connectivity index (χ0) is 22.2. The fraction of sp³-hybridized carbons (Fsp3) is 0.522. The Morgan fingerprint density at radius 3 is 2.45 bits per heavy atom. The molecule has 1 aromatic carbocycles. The van der Waals surface area contributed by atoms with Crippen LogP contribution < -0.4 is 10.1 Å². The summed E-state index contributed by atoms with van der Waals surface area (Å²) in [5.74, 6) is 2.00. The zero-order valence-corrected chi connectivity index (χ0v) is 19.5. The van der Waals surface area contributed by atoms with Crippen LogP contribution in [0.4, 0.5) is 11.5 Å². The second-order valence-corrected chi connectivity index (χ2v) is 11.7. The van der Waals surface area contributed by atoms with Gasteiger partial charge < -0.3 is 14.9 Å². The van der Waals surface area contributed by atoms with E-state index >= 15 is 0 Å². The van der Waals surface area contributed by atoms with Crippen LogP contribution in [0, 0.1) is 5.92 Å². The minimum absolute atomic E-state index is 0.370. The molecule has 0 spiro atoms. The summed E-state index contributed by atoms with van der Waals surface area (Å²) in [6, 6.07) is 8.61. The van der Waals surface area contributed by atoms with Crippen molar-refractivity contribution in [3.63, 3.8) is 0 Å². The van der Waals surface area contributed by atoms with Gasteiger partial charge in [-0.05, 0) is 56.9 Å². The molecule has 7 nitrogen and oxygen atoms in total. The Kier molecular flexibility index (Phi) is 5.93. The van der Waals surface area contributed by atoms with E-state index in [2.05, 4.69) is 39.6 Å². The van der Waals surface area contributed by atoms with E-state index in [1.165, 1.54) is 18.6 Å². The molecule has 1 fully saturated rings. The van der Waals surface area contributed by atoms with Crippen molar-refractivity contribution < 1.29 is 14.2 Å². The number of hydrogen-bond donors (Lipinski definition) is 2. The summed E-state index contributed by atoms with van der Waals surface area (Å²) in [7, 11) is -1.12. The molecule has 8 heteroatoms. The fourth-order valence-corrected chi connectivity index (χ4v) is 6.06. The fourth-order valence-electron chi connectivity index (χ4n) is 4.74. The first-order valence-corrected chi connectivity index (χ1v) is 13.2. The van der Waals surface area contributed by atoms with Crippen LogP contribution in [0.3, 0.4) is 0 Å². The molecule has 166 valence electrons. The van der Waals surface area contributed by atoms with Gasteiger partial charge >= 0.3 is 0 Å². The van der Waals surface area contributed by atoms with Crippen molar-refractivity contribution in [3.8, 4) is 5.88 Å². The third kappa shape index (κ3) is 4.83. The molecule has 2 aliphatic rings. The maximum atomic E-state index is 11.7. The Labute approximate surface area is 183 Å². The summed E-state index contributed by atoms with van der Waals surface area (Å²) in [6.45, 7) is 5.47. The van der Waals surface area contributed by atoms with Crippen molar-refractivity contribution in [3.05, 3.63) is 41.7 Å². The highest BCUT2D eigenvalue weighted by molar-refractivity contribution is 7.57. The normalized spacial score (nSPS) is 24.4. The highest BCUT2D eigenvalue weighted by atomic mass is 31.2. The van der Waals surface area contributed by atoms with Gasteiger partial charge in [0.15, 0.2) is 18.9 Å². The van der Waals surface area contributed by atoms with Crippen LogP contribution in [0.25, 0.3) is 0 Å². The standard InChI is InChI=1S/C23H31N4O3P/c1-23(2)20(27-19-21(24-3)25-14-26-22(19)30-23)18-11-9-17(10-12-18)16-7-5-15(6-8-16)13-31(4,28)29/h9-12,14-16H,5-8,13H2,1-4H3,(H,28,29)(H,24,25,26). The second kappa shape index (κ2) is 8.36. The van der Waals surface area contributed by atoms with Gasteiger partial charge in [0.25, 0.3) is 0 Å². The maximum Gasteiger partial charge on any atom is 0.246 e. The van der Waals surface area contributed by atoms with Gasteiger partial charge in [-0.1, -0.05) is 24.3 Å². The Morgan fingerprint density at radius 1 is 1.16 bits per heavy atom. The smallest absolute Gasteiger partial charge is 0.246 e. The van der Waals surface area contributed by atoms with Crippen molar-refractivity contribution in [2.45, 2.75) is 51.0 Å². The van der Waals surface area contributed by atoms with Gasteiger partial charge in [0, 0.05) is 25.4 Å². The van der Waals surface area contributed by atoms with E-state index in [0.29, 0.717) is 35.4 Å². The Hall–Kier alpha value is -2.24. The van der Waals surface area contributed by atoms with Gasteiger partial charge in [0.05, 0.1) is 5.71 Å². The van der Waals surface area contributed by atoms with Crippen LogP contribution in [-0.2, 0) is 4.57 Å². The van der Waals surface area contributed by atoms with Crippen molar-refractivity contribution in [1.29, 1.82) is 0 Å². The Bertz CT molecular complexity index is 1020. The van der Waals surface area contributed by atoms with Crippen LogP contribution in [0.2, 0.25) is 0 Å². The molecule has 0 bridgehead atoms. The molecule has 1 unspecified atom stereocenters. The zero-order valence-electron chi connectivity index (χ0n) is 18.6. The van der Waals surface area contributed by atoms with Crippen LogP contribution in [-0.4, -0.2) is 46.0 Å². The number of rotatable bonds is 5. The highest BCUT2D eigenvalue weighted by Crippen LogP contribution is 2.45. The SMILES string of the molecule is CNc1ncnc2c1N=C(c1ccc(C3CCC(CP(C)(=O)O)CC3)cc1)C(C)(C)O2. The van der Waals surface area contributed by atoms with E-state index in [9.17, 15) is 9.46 Å². The number of ether oxygens (including phenoxy) is 1. The first-order valence-electron chi connectivity index (χ1n) is 10.9. The van der Waals surface area contributed by atoms with Gasteiger partial charge in [-0.15, -0.1) is 0 Å². The molecule has 1 saturated carbocycles. The van der Waals surface area contributed by atoms with Crippen molar-refractivity contribution in [2.24, 2.45) is 10.9 Å². The molecule has 1 atom stereocenters. The number of aliphatic imine (C=N–C) groups is 1. The number of anilines is 1. The van der Waals surface area contributed by atoms with Gasteiger partial charge in [-0.25, -0.2) is 9.98 Å². The van der Waals surface area contributed by atoms with E-state index in [0.717, 1.165) is 37.0 Å². The topological polar surface area (TPSA) is 96.7 Å². The molecule has 0 amide bonds. The lowest BCUT2D eigenvalue weighted by atomic mass is 9.79. The number of aromatic nitrogens is 2. The average molecular weight is 443 g/mol. The first kappa shape index (κ1) is 22.0. The monoisotopic (exact) mass is 442 g/mol. The van der Waals surface area contributed by atoms with Gasteiger partial charge in [0.2, 0.25) is 5.88 Å². The highest BCUT2D eigenvalue weighted by Gasteiger charge is 2.35. The Morgan fingerprint density at radius 2 is 1.84 bits per heavy atom. The molecule has 0 radical (unpaired) electrons. The van der Waals surface area contributed by atoms with E-state index in [-0.39, 0.29) is 0 Å². The Balaban J connectivity index is 1.53. The van der Waals surface area contributed by atoms with Crippen molar-refractivity contribution in [2.75, 3.05) is 25.2 Å². The first-order chi connectivity index (χ1) is 14.7. The van der Waals surface area contributed by atoms with Crippen molar-refractivity contribution >= 4 is 24.6 Å². The molecule has 4 rings (SSSR count). The third-order valence-electron chi connectivity index (χ3n) is 6.27. The number of nitrogens with zero attached hydrogens (tertiary/aromatic N) is 3. The van der Waals surface area contributed by atoms with Gasteiger partial charge in [-0.3, -0.25) is 4.57 Å². The minimum Gasteiger partial charge on any atom is -0.463 e. The van der Waals surface area contributed by atoms with E-state index in [1.807, 2.05) is 13.8 Å². The number of benzene rings is 1. The van der Waals surface area contributed by atoms with Gasteiger partial charge in [-0.2, -0.15) is 4.98 Å². The second-order valence-electron chi connectivity index (χ2n) is 9.27. The van der Waals surface area contributed by atoms with E-state index < -0.39 is 13.0 Å². The third-order valence-corrected chi connectivity index (χ3v) is 7.46. The summed E-state index contributed by atoms with van der Waals surface area (Å²) in [4.78, 5) is 23.0. The summed E-state index contributed by atoms with van der Waals surface area (Å²) >= 11 is 0. The molecular formula is C23H31N4O3P. The average Bonchev–Trinajstić information content (AvgIpc) is 2.72. The molecule has 1 aromatic heterocycles. The van der Waals surface area contributed by atoms with Crippen LogP contribution >= 0.6 is 7.37 Å². The van der Waals surface area contributed by atoms with Crippen LogP contribution in [0.1, 0.15) is 56.6 Å². The molecule has 0 saturated heterocycles. The number of hydrogen-bond acceptors (Lipinski definition) is 6. The van der Waals surface area contributed by atoms with Crippen LogP contribution in [0.15, 0.2) is 35.6 Å². The predicted octanol–water partition coefficient (Wildman–Crippen LogP) is 4.98. The van der Waals surface area contributed by atoms with E-state index in [4.69, 9.17) is 9.73 Å². The lowest BCUT2D eigenvalue weighted by Gasteiger charge is -2.32. The molecule has 1 aliphatic carbocycles. The minimum atomic E-state index is -2.93. The number of fused-ring (bicyclic) bond motifs is 1. The summed E-state index contributed by atoms with van der Waals surface area (Å²) in [5.41, 5.74) is 3.21. The molecule has 2 N–H and O–H groups in total. The molecular weight excluding hydrogens is 411 g/mol. The molecule has 2 heterocycles. The molecule has 2 aromatic rings. The quantitative estimate of drug-likeness (QED) is 0.634. The lowest BCUT2D eigenvalue weighted by Crippen LogP contribution is -2.41. The largest absolute Gasteiger partial charge is 0.463 e.